The molecule has 0 aliphatic heterocycles. The molecule has 1 aromatic heterocycles. The molecule has 3 rings (SSSR count). The average molecular weight is 384 g/mol. The van der Waals surface area contributed by atoms with Crippen molar-refractivity contribution in [2.45, 2.75) is 26.7 Å². The number of carbonyl (C=O) groups excluding carboxylic acids is 1. The molecule has 0 fully saturated rings. The SMILES string of the molecule is COc1ccc(Cl)cc1NC(=O)CCc1ccc(-c2ccc(C)c(C)c2)o1. The molecule has 0 unspecified atom stereocenters. The molecular weight excluding hydrogens is 362 g/mol. The molecular formula is C22H22ClNO3. The van der Waals surface area contributed by atoms with Crippen LogP contribution in [0.3, 0.4) is 0 Å². The predicted octanol–water partition coefficient (Wildman–Crippen LogP) is 5.80. The Morgan fingerprint density at radius 3 is 2.63 bits per heavy atom. The van der Waals surface area contributed by atoms with Crippen molar-refractivity contribution in [1.29, 1.82) is 0 Å². The number of aryl methyl sites for hydroxylation is 3. The van der Waals surface area contributed by atoms with Crippen LogP contribution in [-0.4, -0.2) is 13.0 Å². The van der Waals surface area contributed by atoms with Gasteiger partial charge in [0, 0.05) is 23.4 Å². The topological polar surface area (TPSA) is 51.5 Å². The third kappa shape index (κ3) is 4.72. The Morgan fingerprint density at radius 2 is 1.89 bits per heavy atom. The Kier molecular flexibility index (Phi) is 5.87. The number of furan rings is 1. The first-order valence-corrected chi connectivity index (χ1v) is 9.14. The van der Waals surface area contributed by atoms with Crippen molar-refractivity contribution in [2.75, 3.05) is 12.4 Å². The molecule has 0 bridgehead atoms. The number of ether oxygens (including phenoxy) is 1. The van der Waals surface area contributed by atoms with E-state index in [-0.39, 0.29) is 5.91 Å². The molecule has 5 heteroatoms. The van der Waals surface area contributed by atoms with Crippen LogP contribution >= 0.6 is 11.6 Å². The van der Waals surface area contributed by atoms with Crippen LogP contribution in [0.4, 0.5) is 5.69 Å². The number of hydrogen-bond donors (Lipinski definition) is 1. The van der Waals surface area contributed by atoms with Crippen molar-refractivity contribution in [3.8, 4) is 17.1 Å². The van der Waals surface area contributed by atoms with E-state index in [9.17, 15) is 4.79 Å². The molecule has 0 radical (unpaired) electrons. The molecule has 4 nitrogen and oxygen atoms in total. The maximum atomic E-state index is 12.3. The van der Waals surface area contributed by atoms with Crippen molar-refractivity contribution in [3.63, 3.8) is 0 Å². The Hall–Kier alpha value is -2.72. The number of methoxy groups -OCH3 is 1. The predicted molar refractivity (Wildman–Crippen MR) is 109 cm³/mol. The highest BCUT2D eigenvalue weighted by atomic mass is 35.5. The van der Waals surface area contributed by atoms with E-state index in [2.05, 4.69) is 31.3 Å². The van der Waals surface area contributed by atoms with E-state index in [1.54, 1.807) is 25.3 Å². The van der Waals surface area contributed by atoms with Crippen molar-refractivity contribution >= 4 is 23.2 Å². The van der Waals surface area contributed by atoms with Gasteiger partial charge >= 0.3 is 0 Å². The highest BCUT2D eigenvalue weighted by molar-refractivity contribution is 6.31. The van der Waals surface area contributed by atoms with Gasteiger partial charge in [-0.15, -0.1) is 0 Å². The van der Waals surface area contributed by atoms with Gasteiger partial charge in [0.25, 0.3) is 0 Å². The maximum Gasteiger partial charge on any atom is 0.224 e. The number of halogens is 1. The van der Waals surface area contributed by atoms with Crippen molar-refractivity contribution in [3.05, 3.63) is 70.4 Å². The van der Waals surface area contributed by atoms with Crippen LogP contribution in [0.1, 0.15) is 23.3 Å². The smallest absolute Gasteiger partial charge is 0.224 e. The molecule has 0 saturated heterocycles. The first-order chi connectivity index (χ1) is 13.0. The van der Waals surface area contributed by atoms with Crippen molar-refractivity contribution in [2.24, 2.45) is 0 Å². The van der Waals surface area contributed by atoms with Gasteiger partial charge in [0.2, 0.25) is 5.91 Å². The summed E-state index contributed by atoms with van der Waals surface area (Å²) >= 11 is 5.99. The van der Waals surface area contributed by atoms with Crippen LogP contribution < -0.4 is 10.1 Å². The fraction of sp³-hybridized carbons (Fsp3) is 0.227. The lowest BCUT2D eigenvalue weighted by molar-refractivity contribution is -0.116. The highest BCUT2D eigenvalue weighted by Gasteiger charge is 2.11. The average Bonchev–Trinajstić information content (AvgIpc) is 3.11. The minimum atomic E-state index is -0.125. The molecule has 0 aliphatic rings. The first kappa shape index (κ1) is 19.1. The van der Waals surface area contributed by atoms with E-state index in [0.29, 0.717) is 29.3 Å². The van der Waals surface area contributed by atoms with Gasteiger partial charge in [0.15, 0.2) is 0 Å². The summed E-state index contributed by atoms with van der Waals surface area (Å²) in [5, 5.41) is 3.37. The summed E-state index contributed by atoms with van der Waals surface area (Å²) in [6.07, 6.45) is 0.815. The van der Waals surface area contributed by atoms with Gasteiger partial charge < -0.3 is 14.5 Å². The summed E-state index contributed by atoms with van der Waals surface area (Å²) in [6.45, 7) is 4.16. The number of anilines is 1. The highest BCUT2D eigenvalue weighted by Crippen LogP contribution is 2.28. The Labute approximate surface area is 164 Å². The minimum absolute atomic E-state index is 0.125. The van der Waals surface area contributed by atoms with Crippen LogP contribution in [0.15, 0.2) is 52.9 Å². The van der Waals surface area contributed by atoms with E-state index in [0.717, 1.165) is 17.1 Å². The molecule has 3 aromatic rings. The number of carbonyl (C=O) groups is 1. The standard InChI is InChI=1S/C22H22ClNO3/c1-14-4-5-16(12-15(14)2)20-10-7-18(27-20)8-11-22(25)24-19-13-17(23)6-9-21(19)26-3/h4-7,9-10,12-13H,8,11H2,1-3H3,(H,24,25). The molecule has 140 valence electrons. The van der Waals surface area contributed by atoms with Crippen molar-refractivity contribution < 1.29 is 13.9 Å². The molecule has 0 aliphatic carbocycles. The van der Waals surface area contributed by atoms with E-state index in [4.69, 9.17) is 20.8 Å². The molecule has 27 heavy (non-hydrogen) atoms. The van der Waals surface area contributed by atoms with Crippen LogP contribution in [0.2, 0.25) is 5.02 Å². The molecule has 0 saturated carbocycles. The summed E-state index contributed by atoms with van der Waals surface area (Å²) in [6, 6.07) is 15.2. The summed E-state index contributed by atoms with van der Waals surface area (Å²) in [5.41, 5.74) is 4.07. The van der Waals surface area contributed by atoms with Gasteiger partial charge in [-0.1, -0.05) is 23.7 Å². The molecule has 1 heterocycles. The molecule has 2 aromatic carbocycles. The number of rotatable bonds is 6. The number of hydrogen-bond acceptors (Lipinski definition) is 3. The Balaban J connectivity index is 1.62. The van der Waals surface area contributed by atoms with Gasteiger partial charge in [0.1, 0.15) is 17.3 Å². The summed E-state index contributed by atoms with van der Waals surface area (Å²) in [7, 11) is 1.55. The fourth-order valence-electron chi connectivity index (χ4n) is 2.79. The summed E-state index contributed by atoms with van der Waals surface area (Å²) in [5.74, 6) is 2.03. The first-order valence-electron chi connectivity index (χ1n) is 8.76. The quantitative estimate of drug-likeness (QED) is 0.585. The monoisotopic (exact) mass is 383 g/mol. The summed E-state index contributed by atoms with van der Waals surface area (Å²) in [4.78, 5) is 12.3. The van der Waals surface area contributed by atoms with Crippen molar-refractivity contribution in [1.82, 2.24) is 0 Å². The fourth-order valence-corrected chi connectivity index (χ4v) is 2.96. The Bertz CT molecular complexity index is 962. The van der Waals surface area contributed by atoms with Gasteiger partial charge in [-0.05, 0) is 61.4 Å². The Morgan fingerprint density at radius 1 is 1.07 bits per heavy atom. The minimum Gasteiger partial charge on any atom is -0.495 e. The van der Waals surface area contributed by atoms with Gasteiger partial charge in [0.05, 0.1) is 12.8 Å². The summed E-state index contributed by atoms with van der Waals surface area (Å²) < 4.78 is 11.1. The molecule has 1 amide bonds. The lowest BCUT2D eigenvalue weighted by Gasteiger charge is -2.10. The second-order valence-electron chi connectivity index (χ2n) is 6.46. The van der Waals surface area contributed by atoms with E-state index >= 15 is 0 Å². The third-order valence-corrected chi connectivity index (χ3v) is 4.72. The maximum absolute atomic E-state index is 12.3. The second-order valence-corrected chi connectivity index (χ2v) is 6.89. The van der Waals surface area contributed by atoms with E-state index in [1.165, 1.54) is 11.1 Å². The van der Waals surface area contributed by atoms with Crippen LogP contribution in [0, 0.1) is 13.8 Å². The zero-order valence-corrected chi connectivity index (χ0v) is 16.4. The number of amides is 1. The third-order valence-electron chi connectivity index (χ3n) is 4.49. The van der Waals surface area contributed by atoms with Crippen LogP contribution in [-0.2, 0) is 11.2 Å². The molecule has 0 atom stereocenters. The largest absolute Gasteiger partial charge is 0.495 e. The van der Waals surface area contributed by atoms with Crippen LogP contribution in [0.25, 0.3) is 11.3 Å². The van der Waals surface area contributed by atoms with Gasteiger partial charge in [-0.25, -0.2) is 0 Å². The van der Waals surface area contributed by atoms with E-state index < -0.39 is 0 Å². The zero-order valence-electron chi connectivity index (χ0n) is 15.6. The van der Waals surface area contributed by atoms with Crippen LogP contribution in [0.5, 0.6) is 5.75 Å². The zero-order chi connectivity index (χ0) is 19.4. The van der Waals surface area contributed by atoms with E-state index in [1.807, 2.05) is 18.2 Å². The number of benzene rings is 2. The molecule has 0 spiro atoms. The lowest BCUT2D eigenvalue weighted by Crippen LogP contribution is -2.13. The number of nitrogens with one attached hydrogen (secondary N) is 1. The van der Waals surface area contributed by atoms with Gasteiger partial charge in [-0.3, -0.25) is 4.79 Å². The van der Waals surface area contributed by atoms with Gasteiger partial charge in [-0.2, -0.15) is 0 Å². The second kappa shape index (κ2) is 8.31. The molecule has 1 N–H and O–H groups in total. The normalized spacial score (nSPS) is 10.7. The lowest BCUT2D eigenvalue weighted by atomic mass is 10.1.